The van der Waals surface area contributed by atoms with Gasteiger partial charge in [0.05, 0.1) is 28.4 Å². The zero-order valence-corrected chi connectivity index (χ0v) is 16.0. The summed E-state index contributed by atoms with van der Waals surface area (Å²) in [4.78, 5) is 2.58. The normalized spacial score (nSPS) is 27.3. The van der Waals surface area contributed by atoms with Crippen molar-refractivity contribution >= 4 is 0 Å². The monoisotopic (exact) mass is 357 g/mol. The third-order valence-electron chi connectivity index (χ3n) is 6.08. The van der Waals surface area contributed by atoms with Gasteiger partial charge in [0.25, 0.3) is 0 Å². The number of nitrogens with zero attached hydrogens (tertiary/aromatic N) is 1. The van der Waals surface area contributed by atoms with E-state index in [0.717, 1.165) is 48.9 Å². The summed E-state index contributed by atoms with van der Waals surface area (Å²) in [5.41, 5.74) is 2.62. The number of allylic oxidation sites excluding steroid dienone is 1. The molecule has 1 aromatic carbocycles. The van der Waals surface area contributed by atoms with Crippen molar-refractivity contribution in [1.29, 1.82) is 0 Å². The van der Waals surface area contributed by atoms with Crippen molar-refractivity contribution in [2.75, 3.05) is 35.0 Å². The summed E-state index contributed by atoms with van der Waals surface area (Å²) in [7, 11) is 6.85. The fourth-order valence-corrected chi connectivity index (χ4v) is 4.79. The molecule has 4 rings (SSSR count). The number of piperidine rings is 1. The van der Waals surface area contributed by atoms with Crippen molar-refractivity contribution in [3.8, 4) is 11.5 Å². The second-order valence-corrected chi connectivity index (χ2v) is 7.18. The Morgan fingerprint density at radius 1 is 0.923 bits per heavy atom. The highest BCUT2D eigenvalue weighted by Crippen LogP contribution is 2.44. The molecule has 2 unspecified atom stereocenters. The molecule has 3 atom stereocenters. The Hall–Kier alpha value is -2.14. The van der Waals surface area contributed by atoms with E-state index >= 15 is 0 Å². The minimum absolute atomic E-state index is 0.443. The summed E-state index contributed by atoms with van der Waals surface area (Å²) in [6.07, 6.45) is 6.67. The highest BCUT2D eigenvalue weighted by Gasteiger charge is 2.42. The standard InChI is InChI=1S/C21H27NO4/c1-23-18-6-5-13-9-17-15-11-20(25-3)19(24-2)10-14(15)7-8-22(17)12-16(13)21(18)26-4/h5-6,10-11,14-15,17H,7-9,12H2,1-4H3/t14?,15?,17-/m0/s1. The maximum absolute atomic E-state index is 5.67. The van der Waals surface area contributed by atoms with Gasteiger partial charge in [0.2, 0.25) is 0 Å². The van der Waals surface area contributed by atoms with E-state index in [1.165, 1.54) is 11.1 Å². The SMILES string of the molecule is COC1=CC2CCN3Cc4c(ccc(OC)c4OC)C[C@H]3C2C=C1OC. The predicted molar refractivity (Wildman–Crippen MR) is 99.2 cm³/mol. The van der Waals surface area contributed by atoms with Crippen molar-refractivity contribution in [3.63, 3.8) is 0 Å². The van der Waals surface area contributed by atoms with Gasteiger partial charge >= 0.3 is 0 Å². The Morgan fingerprint density at radius 3 is 2.38 bits per heavy atom. The maximum atomic E-state index is 5.67. The molecule has 0 spiro atoms. The number of benzene rings is 1. The molecule has 2 aliphatic heterocycles. The second-order valence-electron chi connectivity index (χ2n) is 7.18. The van der Waals surface area contributed by atoms with Crippen LogP contribution in [-0.4, -0.2) is 45.9 Å². The van der Waals surface area contributed by atoms with Gasteiger partial charge in [-0.05, 0) is 49.1 Å². The molecule has 3 aliphatic rings. The fraction of sp³-hybridized carbons (Fsp3) is 0.524. The molecule has 1 saturated heterocycles. The third-order valence-corrected chi connectivity index (χ3v) is 6.08. The van der Waals surface area contributed by atoms with E-state index in [-0.39, 0.29) is 0 Å². The molecule has 0 aromatic heterocycles. The maximum Gasteiger partial charge on any atom is 0.165 e. The molecular weight excluding hydrogens is 330 g/mol. The molecule has 1 aliphatic carbocycles. The van der Waals surface area contributed by atoms with Crippen molar-refractivity contribution < 1.29 is 18.9 Å². The molecule has 0 radical (unpaired) electrons. The van der Waals surface area contributed by atoms with Crippen LogP contribution in [0.4, 0.5) is 0 Å². The van der Waals surface area contributed by atoms with Crippen LogP contribution in [0, 0.1) is 11.8 Å². The Bertz CT molecular complexity index is 755. The van der Waals surface area contributed by atoms with E-state index in [9.17, 15) is 0 Å². The largest absolute Gasteiger partial charge is 0.493 e. The van der Waals surface area contributed by atoms with Gasteiger partial charge in [-0.15, -0.1) is 0 Å². The first-order valence-corrected chi connectivity index (χ1v) is 9.19. The number of fused-ring (bicyclic) bond motifs is 4. The molecule has 0 amide bonds. The lowest BCUT2D eigenvalue weighted by atomic mass is 9.72. The van der Waals surface area contributed by atoms with Gasteiger partial charge in [-0.25, -0.2) is 0 Å². The lowest BCUT2D eigenvalue weighted by molar-refractivity contribution is 0.0620. The summed E-state index contributed by atoms with van der Waals surface area (Å²) in [5, 5.41) is 0. The van der Waals surface area contributed by atoms with E-state index in [2.05, 4.69) is 23.1 Å². The first-order valence-electron chi connectivity index (χ1n) is 9.19. The van der Waals surface area contributed by atoms with Crippen LogP contribution in [0.25, 0.3) is 0 Å². The number of ether oxygens (including phenoxy) is 4. The number of methoxy groups -OCH3 is 4. The van der Waals surface area contributed by atoms with Crippen LogP contribution in [0.1, 0.15) is 17.5 Å². The summed E-state index contributed by atoms with van der Waals surface area (Å²) < 4.78 is 22.2. The van der Waals surface area contributed by atoms with E-state index in [0.29, 0.717) is 17.9 Å². The van der Waals surface area contributed by atoms with Gasteiger partial charge in [0.1, 0.15) is 0 Å². The van der Waals surface area contributed by atoms with Crippen LogP contribution in [0.3, 0.4) is 0 Å². The van der Waals surface area contributed by atoms with Crippen LogP contribution < -0.4 is 9.47 Å². The highest BCUT2D eigenvalue weighted by atomic mass is 16.5. The first-order chi connectivity index (χ1) is 12.7. The van der Waals surface area contributed by atoms with E-state index in [1.54, 1.807) is 28.4 Å². The topological polar surface area (TPSA) is 40.2 Å². The number of rotatable bonds is 4. The van der Waals surface area contributed by atoms with Gasteiger partial charge in [-0.3, -0.25) is 4.90 Å². The van der Waals surface area contributed by atoms with Gasteiger partial charge in [0, 0.05) is 24.1 Å². The average Bonchev–Trinajstić information content (AvgIpc) is 2.70. The van der Waals surface area contributed by atoms with Crippen LogP contribution in [0.2, 0.25) is 0 Å². The fourth-order valence-electron chi connectivity index (χ4n) is 4.79. The van der Waals surface area contributed by atoms with Crippen molar-refractivity contribution in [1.82, 2.24) is 4.90 Å². The minimum atomic E-state index is 0.443. The van der Waals surface area contributed by atoms with Gasteiger partial charge in [-0.1, -0.05) is 6.07 Å². The average molecular weight is 357 g/mol. The Labute approximate surface area is 155 Å². The molecule has 140 valence electrons. The molecule has 5 nitrogen and oxygen atoms in total. The molecule has 0 N–H and O–H groups in total. The first kappa shape index (κ1) is 17.3. The Kier molecular flexibility index (Phi) is 4.57. The zero-order valence-electron chi connectivity index (χ0n) is 16.0. The second kappa shape index (κ2) is 6.88. The van der Waals surface area contributed by atoms with Crippen LogP contribution in [-0.2, 0) is 22.4 Å². The summed E-state index contributed by atoms with van der Waals surface area (Å²) in [6.45, 7) is 1.98. The minimum Gasteiger partial charge on any atom is -0.493 e. The molecule has 0 bridgehead atoms. The lowest BCUT2D eigenvalue weighted by Crippen LogP contribution is -2.51. The van der Waals surface area contributed by atoms with Crippen LogP contribution >= 0.6 is 0 Å². The van der Waals surface area contributed by atoms with Crippen molar-refractivity contribution in [2.45, 2.75) is 25.4 Å². The smallest absolute Gasteiger partial charge is 0.165 e. The van der Waals surface area contributed by atoms with Crippen molar-refractivity contribution in [2.24, 2.45) is 11.8 Å². The molecular formula is C21H27NO4. The lowest BCUT2D eigenvalue weighted by Gasteiger charge is -2.48. The molecule has 26 heavy (non-hydrogen) atoms. The Morgan fingerprint density at radius 2 is 1.69 bits per heavy atom. The number of hydrogen-bond acceptors (Lipinski definition) is 5. The van der Waals surface area contributed by atoms with E-state index in [4.69, 9.17) is 18.9 Å². The summed E-state index contributed by atoms with van der Waals surface area (Å²) in [6, 6.07) is 4.69. The molecule has 2 heterocycles. The van der Waals surface area contributed by atoms with E-state index in [1.807, 2.05) is 6.07 Å². The van der Waals surface area contributed by atoms with Gasteiger partial charge in [-0.2, -0.15) is 0 Å². The van der Waals surface area contributed by atoms with Crippen LogP contribution in [0.15, 0.2) is 35.8 Å². The Balaban J connectivity index is 1.68. The molecule has 1 fully saturated rings. The van der Waals surface area contributed by atoms with Gasteiger partial charge < -0.3 is 18.9 Å². The van der Waals surface area contributed by atoms with Crippen LogP contribution in [0.5, 0.6) is 11.5 Å². The zero-order chi connectivity index (χ0) is 18.3. The molecule has 5 heteroatoms. The highest BCUT2D eigenvalue weighted by molar-refractivity contribution is 5.52. The van der Waals surface area contributed by atoms with E-state index < -0.39 is 0 Å². The number of hydrogen-bond donors (Lipinski definition) is 0. The van der Waals surface area contributed by atoms with Crippen molar-refractivity contribution in [3.05, 3.63) is 46.9 Å². The molecule has 1 aromatic rings. The third kappa shape index (κ3) is 2.65. The van der Waals surface area contributed by atoms with Gasteiger partial charge in [0.15, 0.2) is 23.0 Å². The quantitative estimate of drug-likeness (QED) is 0.828. The predicted octanol–water partition coefficient (Wildman–Crippen LogP) is 3.14. The molecule has 0 saturated carbocycles. The summed E-state index contributed by atoms with van der Waals surface area (Å²) in [5.74, 6) is 4.36. The summed E-state index contributed by atoms with van der Waals surface area (Å²) >= 11 is 0.